The lowest BCUT2D eigenvalue weighted by atomic mass is 10.2. The van der Waals surface area contributed by atoms with Gasteiger partial charge in [0, 0.05) is 25.4 Å². The number of hydrogen-bond acceptors (Lipinski definition) is 3. The van der Waals surface area contributed by atoms with Gasteiger partial charge in [-0.25, -0.2) is 4.39 Å². The maximum atomic E-state index is 13.9. The first-order valence-electron chi connectivity index (χ1n) is 7.16. The largest absolute Gasteiger partial charge is 0.434 e. The molecule has 0 unspecified atom stereocenters. The van der Waals surface area contributed by atoms with Gasteiger partial charge in [0.05, 0.1) is 12.2 Å². The molecule has 0 aliphatic heterocycles. The number of benzene rings is 1. The molecular formula is C16H17F3N4O. The van der Waals surface area contributed by atoms with Crippen LogP contribution in [0.5, 0.6) is 5.75 Å². The maximum absolute atomic E-state index is 13.9. The van der Waals surface area contributed by atoms with E-state index in [4.69, 9.17) is 0 Å². The van der Waals surface area contributed by atoms with Crippen LogP contribution >= 0.6 is 0 Å². The summed E-state index contributed by atoms with van der Waals surface area (Å²) >= 11 is 0. The van der Waals surface area contributed by atoms with E-state index in [0.29, 0.717) is 12.5 Å². The molecule has 1 aromatic heterocycles. The molecule has 128 valence electrons. The Hall–Kier alpha value is -2.77. The van der Waals surface area contributed by atoms with Gasteiger partial charge in [-0.3, -0.25) is 9.98 Å². The van der Waals surface area contributed by atoms with Crippen molar-refractivity contribution in [2.75, 3.05) is 7.05 Å². The Labute approximate surface area is 137 Å². The number of nitrogens with zero attached hydrogens (tertiary/aromatic N) is 2. The molecule has 5 nitrogen and oxygen atoms in total. The fraction of sp³-hybridized carbons (Fsp3) is 0.250. The molecule has 1 aromatic carbocycles. The minimum absolute atomic E-state index is 0.00131. The summed E-state index contributed by atoms with van der Waals surface area (Å²) < 4.78 is 43.0. The lowest BCUT2D eigenvalue weighted by Gasteiger charge is -2.15. The smallest absolute Gasteiger partial charge is 0.387 e. The first-order chi connectivity index (χ1) is 11.6. The highest BCUT2D eigenvalue weighted by Crippen LogP contribution is 2.23. The summed E-state index contributed by atoms with van der Waals surface area (Å²) in [4.78, 5) is 8.15. The van der Waals surface area contributed by atoms with Crippen LogP contribution in [0.2, 0.25) is 0 Å². The van der Waals surface area contributed by atoms with E-state index in [1.807, 2.05) is 12.1 Å². The topological polar surface area (TPSA) is 58.5 Å². The van der Waals surface area contributed by atoms with Gasteiger partial charge in [-0.1, -0.05) is 12.1 Å². The number of halogens is 3. The Morgan fingerprint density at radius 1 is 1.17 bits per heavy atom. The zero-order chi connectivity index (χ0) is 17.4. The average molecular weight is 338 g/mol. The summed E-state index contributed by atoms with van der Waals surface area (Å²) in [5.41, 5.74) is 0.798. The summed E-state index contributed by atoms with van der Waals surface area (Å²) in [5, 5.41) is 5.86. The number of alkyl halides is 2. The van der Waals surface area contributed by atoms with Crippen molar-refractivity contribution in [3.8, 4) is 5.75 Å². The van der Waals surface area contributed by atoms with Crippen molar-refractivity contribution in [2.45, 2.75) is 19.7 Å². The van der Waals surface area contributed by atoms with Gasteiger partial charge < -0.3 is 15.4 Å². The first kappa shape index (κ1) is 17.6. The second-order valence-corrected chi connectivity index (χ2v) is 4.70. The molecule has 2 N–H and O–H groups in total. The van der Waals surface area contributed by atoms with Crippen LogP contribution in [0.25, 0.3) is 0 Å². The quantitative estimate of drug-likeness (QED) is 0.628. The Kier molecular flexibility index (Phi) is 6.41. The maximum Gasteiger partial charge on any atom is 0.387 e. The van der Waals surface area contributed by atoms with Crippen molar-refractivity contribution in [1.82, 2.24) is 15.6 Å². The lowest BCUT2D eigenvalue weighted by molar-refractivity contribution is -0.0506. The van der Waals surface area contributed by atoms with Gasteiger partial charge in [0.1, 0.15) is 11.6 Å². The predicted molar refractivity (Wildman–Crippen MR) is 84.3 cm³/mol. The molecule has 2 rings (SSSR count). The Bertz CT molecular complexity index is 680. The fourth-order valence-electron chi connectivity index (χ4n) is 1.99. The molecule has 0 saturated heterocycles. The molecule has 0 bridgehead atoms. The van der Waals surface area contributed by atoms with E-state index in [1.54, 1.807) is 19.3 Å². The van der Waals surface area contributed by atoms with Gasteiger partial charge in [-0.2, -0.15) is 8.78 Å². The van der Waals surface area contributed by atoms with Crippen molar-refractivity contribution < 1.29 is 17.9 Å². The summed E-state index contributed by atoms with van der Waals surface area (Å²) in [6, 6.07) is 9.28. The number of nitrogens with one attached hydrogen (secondary N) is 2. The van der Waals surface area contributed by atoms with E-state index in [-0.39, 0.29) is 17.9 Å². The summed E-state index contributed by atoms with van der Waals surface area (Å²) in [6.45, 7) is -2.67. The van der Waals surface area contributed by atoms with Gasteiger partial charge in [0.15, 0.2) is 5.96 Å². The molecule has 8 heteroatoms. The molecule has 0 amide bonds. The van der Waals surface area contributed by atoms with Gasteiger partial charge in [-0.05, 0) is 24.3 Å². The molecular weight excluding hydrogens is 321 g/mol. The standard InChI is InChI=1S/C16H17F3N4O/c1-20-16(22-9-11-5-2-3-8-21-11)23-10-12-13(17)6-4-7-14(12)24-15(18)19/h2-8,15H,9-10H2,1H3,(H2,20,22,23). The minimum atomic E-state index is -3.02. The van der Waals surface area contributed by atoms with Crippen LogP contribution in [0.3, 0.4) is 0 Å². The van der Waals surface area contributed by atoms with Crippen LogP contribution in [-0.4, -0.2) is 24.6 Å². The van der Waals surface area contributed by atoms with E-state index in [1.165, 1.54) is 18.2 Å². The number of guanidine groups is 1. The SMILES string of the molecule is CN=C(NCc1ccccn1)NCc1c(F)cccc1OC(F)F. The molecule has 0 aliphatic carbocycles. The van der Waals surface area contributed by atoms with E-state index < -0.39 is 12.4 Å². The normalized spacial score (nSPS) is 11.5. The second kappa shape index (κ2) is 8.76. The van der Waals surface area contributed by atoms with E-state index in [2.05, 4.69) is 25.3 Å². The summed E-state index contributed by atoms with van der Waals surface area (Å²) in [6.07, 6.45) is 1.67. The fourth-order valence-corrected chi connectivity index (χ4v) is 1.99. The zero-order valence-electron chi connectivity index (χ0n) is 13.0. The lowest BCUT2D eigenvalue weighted by Crippen LogP contribution is -2.36. The van der Waals surface area contributed by atoms with Crippen LogP contribution in [0, 0.1) is 5.82 Å². The minimum Gasteiger partial charge on any atom is -0.434 e. The number of hydrogen-bond donors (Lipinski definition) is 2. The van der Waals surface area contributed by atoms with E-state index in [0.717, 1.165) is 5.69 Å². The molecule has 0 saturated carbocycles. The molecule has 0 aliphatic rings. The average Bonchev–Trinajstić information content (AvgIpc) is 2.57. The third kappa shape index (κ3) is 5.15. The number of ether oxygens (including phenoxy) is 1. The number of aromatic nitrogens is 1. The molecule has 0 atom stereocenters. The van der Waals surface area contributed by atoms with E-state index in [9.17, 15) is 13.2 Å². The zero-order valence-corrected chi connectivity index (χ0v) is 13.0. The highest BCUT2D eigenvalue weighted by atomic mass is 19.3. The Morgan fingerprint density at radius 2 is 1.96 bits per heavy atom. The monoisotopic (exact) mass is 338 g/mol. The third-order valence-corrected chi connectivity index (χ3v) is 3.11. The molecule has 2 aromatic rings. The molecule has 0 spiro atoms. The number of rotatable bonds is 6. The van der Waals surface area contributed by atoms with E-state index >= 15 is 0 Å². The van der Waals surface area contributed by atoms with Gasteiger partial charge >= 0.3 is 6.61 Å². The predicted octanol–water partition coefficient (Wildman–Crippen LogP) is 2.69. The second-order valence-electron chi connectivity index (χ2n) is 4.70. The van der Waals surface area contributed by atoms with Gasteiger partial charge in [0.25, 0.3) is 0 Å². The van der Waals surface area contributed by atoms with Gasteiger partial charge in [-0.15, -0.1) is 0 Å². The van der Waals surface area contributed by atoms with Crippen LogP contribution in [0.15, 0.2) is 47.6 Å². The Morgan fingerprint density at radius 3 is 2.62 bits per heavy atom. The molecule has 1 heterocycles. The van der Waals surface area contributed by atoms with Crippen LogP contribution in [-0.2, 0) is 13.1 Å². The van der Waals surface area contributed by atoms with Crippen LogP contribution in [0.1, 0.15) is 11.3 Å². The molecule has 0 fully saturated rings. The Balaban J connectivity index is 1.98. The number of pyridine rings is 1. The van der Waals surface area contributed by atoms with Crippen LogP contribution < -0.4 is 15.4 Å². The summed E-state index contributed by atoms with van der Waals surface area (Å²) in [5.74, 6) is -0.467. The summed E-state index contributed by atoms with van der Waals surface area (Å²) in [7, 11) is 1.55. The third-order valence-electron chi connectivity index (χ3n) is 3.11. The highest BCUT2D eigenvalue weighted by Gasteiger charge is 2.14. The van der Waals surface area contributed by atoms with Crippen molar-refractivity contribution in [3.63, 3.8) is 0 Å². The van der Waals surface area contributed by atoms with Crippen molar-refractivity contribution in [2.24, 2.45) is 4.99 Å². The molecule has 0 radical (unpaired) electrons. The van der Waals surface area contributed by atoms with Crippen molar-refractivity contribution >= 4 is 5.96 Å². The van der Waals surface area contributed by atoms with Gasteiger partial charge in [0.2, 0.25) is 0 Å². The van der Waals surface area contributed by atoms with Crippen molar-refractivity contribution in [1.29, 1.82) is 0 Å². The highest BCUT2D eigenvalue weighted by molar-refractivity contribution is 5.79. The number of aliphatic imine (C=N–C) groups is 1. The molecule has 24 heavy (non-hydrogen) atoms. The van der Waals surface area contributed by atoms with Crippen LogP contribution in [0.4, 0.5) is 13.2 Å². The first-order valence-corrected chi connectivity index (χ1v) is 7.16. The van der Waals surface area contributed by atoms with Crippen molar-refractivity contribution in [3.05, 3.63) is 59.7 Å².